The van der Waals surface area contributed by atoms with Crippen LogP contribution in [-0.2, 0) is 14.3 Å². The molecule has 1 spiro atoms. The number of amides is 1. The van der Waals surface area contributed by atoms with Gasteiger partial charge >= 0.3 is 0 Å². The van der Waals surface area contributed by atoms with Crippen LogP contribution < -0.4 is 5.32 Å². The van der Waals surface area contributed by atoms with Crippen LogP contribution in [-0.4, -0.2) is 41.7 Å². The number of carbonyl (C=O) groups is 1. The molecule has 0 bridgehead atoms. The van der Waals surface area contributed by atoms with Crippen molar-refractivity contribution in [1.29, 1.82) is 0 Å². The van der Waals surface area contributed by atoms with E-state index in [1.165, 1.54) is 6.92 Å². The normalized spacial score (nSPS) is 41.7. The lowest BCUT2D eigenvalue weighted by atomic mass is 9.79. The molecular formula is C12H21NO4. The minimum absolute atomic E-state index is 0.0296. The molecule has 2 fully saturated rings. The Kier molecular flexibility index (Phi) is 3.43. The Balaban J connectivity index is 1.98. The van der Waals surface area contributed by atoms with E-state index in [1.54, 1.807) is 0 Å². The summed E-state index contributed by atoms with van der Waals surface area (Å²) in [6.45, 7) is 4.08. The summed E-state index contributed by atoms with van der Waals surface area (Å²) in [5.74, 6) is -0.576. The van der Waals surface area contributed by atoms with Crippen molar-refractivity contribution in [3.8, 4) is 0 Å². The molecule has 0 aromatic rings. The van der Waals surface area contributed by atoms with Crippen LogP contribution in [0.3, 0.4) is 0 Å². The molecule has 2 aliphatic rings. The van der Waals surface area contributed by atoms with E-state index in [2.05, 4.69) is 5.32 Å². The van der Waals surface area contributed by atoms with Gasteiger partial charge in [0.05, 0.1) is 24.9 Å². The average Bonchev–Trinajstić information content (AvgIpc) is 2.64. The van der Waals surface area contributed by atoms with E-state index < -0.39 is 11.3 Å². The smallest absolute Gasteiger partial charge is 0.217 e. The molecule has 2 rings (SSSR count). The van der Waals surface area contributed by atoms with Gasteiger partial charge in [-0.15, -0.1) is 0 Å². The van der Waals surface area contributed by atoms with Gasteiger partial charge in [-0.2, -0.15) is 0 Å². The summed E-state index contributed by atoms with van der Waals surface area (Å²) in [5.41, 5.74) is -0.490. The third-order valence-electron chi connectivity index (χ3n) is 3.71. The van der Waals surface area contributed by atoms with Crippen molar-refractivity contribution in [1.82, 2.24) is 5.32 Å². The Morgan fingerprint density at radius 3 is 2.47 bits per heavy atom. The second kappa shape index (κ2) is 4.55. The lowest BCUT2D eigenvalue weighted by Crippen LogP contribution is -2.56. The van der Waals surface area contributed by atoms with Gasteiger partial charge in [0.15, 0.2) is 5.79 Å². The predicted molar refractivity (Wildman–Crippen MR) is 61.3 cm³/mol. The molecule has 0 aromatic carbocycles. The Bertz CT molecular complexity index is 297. The van der Waals surface area contributed by atoms with E-state index in [1.807, 2.05) is 6.92 Å². The molecule has 1 unspecified atom stereocenters. The zero-order valence-electron chi connectivity index (χ0n) is 10.5. The third-order valence-corrected chi connectivity index (χ3v) is 3.71. The van der Waals surface area contributed by atoms with Crippen LogP contribution in [0, 0.1) is 0 Å². The third kappa shape index (κ3) is 2.61. The van der Waals surface area contributed by atoms with E-state index in [-0.39, 0.29) is 18.6 Å². The van der Waals surface area contributed by atoms with Crippen molar-refractivity contribution in [2.24, 2.45) is 0 Å². The van der Waals surface area contributed by atoms with Crippen molar-refractivity contribution in [3.05, 3.63) is 0 Å². The Morgan fingerprint density at radius 1 is 1.41 bits per heavy atom. The van der Waals surface area contributed by atoms with Gasteiger partial charge in [0, 0.05) is 19.8 Å². The quantitative estimate of drug-likeness (QED) is 0.743. The summed E-state index contributed by atoms with van der Waals surface area (Å²) in [6.07, 6.45) is 2.96. The Labute approximate surface area is 101 Å². The fraction of sp³-hybridized carbons (Fsp3) is 0.917. The molecule has 98 valence electrons. The summed E-state index contributed by atoms with van der Waals surface area (Å²) < 4.78 is 11.5. The van der Waals surface area contributed by atoms with E-state index >= 15 is 0 Å². The highest BCUT2D eigenvalue weighted by Gasteiger charge is 2.47. The molecule has 0 aromatic heterocycles. The second-order valence-corrected chi connectivity index (χ2v) is 5.27. The summed E-state index contributed by atoms with van der Waals surface area (Å²) in [5, 5.41) is 12.3. The summed E-state index contributed by atoms with van der Waals surface area (Å²) >= 11 is 0. The fourth-order valence-electron chi connectivity index (χ4n) is 2.77. The zero-order chi connectivity index (χ0) is 12.5. The number of ether oxygens (including phenoxy) is 2. The fourth-order valence-corrected chi connectivity index (χ4v) is 2.77. The maximum absolute atomic E-state index is 11.2. The number of hydrogen-bond donors (Lipinski definition) is 2. The number of rotatable bonds is 2. The minimum atomic E-state index is -0.490. The highest BCUT2D eigenvalue weighted by molar-refractivity contribution is 5.73. The first-order valence-electron chi connectivity index (χ1n) is 6.21. The standard InChI is InChI=1S/C12H21NO4/c1-9-7-16-12(17-9)5-3-11(8-14,4-6-12)13-10(2)15/h9,14H,3-8H2,1-2H3,(H,13,15). The summed E-state index contributed by atoms with van der Waals surface area (Å²) in [4.78, 5) is 11.2. The molecule has 1 aliphatic carbocycles. The van der Waals surface area contributed by atoms with E-state index in [0.717, 1.165) is 12.8 Å². The first kappa shape index (κ1) is 12.8. The molecule has 1 heterocycles. The molecule has 1 amide bonds. The number of hydrogen-bond acceptors (Lipinski definition) is 4. The monoisotopic (exact) mass is 243 g/mol. The molecule has 5 nitrogen and oxygen atoms in total. The van der Waals surface area contributed by atoms with Crippen molar-refractivity contribution in [3.63, 3.8) is 0 Å². The van der Waals surface area contributed by atoms with Crippen molar-refractivity contribution in [2.45, 2.75) is 57.0 Å². The van der Waals surface area contributed by atoms with Crippen molar-refractivity contribution < 1.29 is 19.4 Å². The molecule has 2 N–H and O–H groups in total. The molecule has 1 saturated heterocycles. The molecule has 1 saturated carbocycles. The summed E-state index contributed by atoms with van der Waals surface area (Å²) in [7, 11) is 0. The van der Waals surface area contributed by atoms with E-state index in [0.29, 0.717) is 19.4 Å². The van der Waals surface area contributed by atoms with Gasteiger partial charge in [0.25, 0.3) is 0 Å². The van der Waals surface area contributed by atoms with E-state index in [4.69, 9.17) is 9.47 Å². The number of carbonyl (C=O) groups excluding carboxylic acids is 1. The molecular weight excluding hydrogens is 222 g/mol. The molecule has 17 heavy (non-hydrogen) atoms. The van der Waals surface area contributed by atoms with E-state index in [9.17, 15) is 9.90 Å². The van der Waals surface area contributed by atoms with Crippen molar-refractivity contribution >= 4 is 5.91 Å². The number of nitrogens with one attached hydrogen (secondary N) is 1. The van der Waals surface area contributed by atoms with Gasteiger partial charge in [0.1, 0.15) is 0 Å². The minimum Gasteiger partial charge on any atom is -0.394 e. The second-order valence-electron chi connectivity index (χ2n) is 5.27. The highest BCUT2D eigenvalue weighted by atomic mass is 16.7. The zero-order valence-corrected chi connectivity index (χ0v) is 10.5. The van der Waals surface area contributed by atoms with Gasteiger partial charge in [-0.3, -0.25) is 4.79 Å². The van der Waals surface area contributed by atoms with Crippen LogP contribution in [0.1, 0.15) is 39.5 Å². The van der Waals surface area contributed by atoms with Crippen LogP contribution in [0.15, 0.2) is 0 Å². The lowest BCUT2D eigenvalue weighted by Gasteiger charge is -2.43. The number of aliphatic hydroxyl groups excluding tert-OH is 1. The van der Waals surface area contributed by atoms with Crippen LogP contribution in [0.5, 0.6) is 0 Å². The average molecular weight is 243 g/mol. The highest BCUT2D eigenvalue weighted by Crippen LogP contribution is 2.41. The largest absolute Gasteiger partial charge is 0.394 e. The Hall–Kier alpha value is -0.650. The lowest BCUT2D eigenvalue weighted by molar-refractivity contribution is -0.196. The maximum atomic E-state index is 11.2. The van der Waals surface area contributed by atoms with Crippen LogP contribution in [0.25, 0.3) is 0 Å². The Morgan fingerprint density at radius 2 is 2.06 bits per heavy atom. The van der Waals surface area contributed by atoms with Gasteiger partial charge < -0.3 is 19.9 Å². The van der Waals surface area contributed by atoms with Crippen molar-refractivity contribution in [2.75, 3.05) is 13.2 Å². The van der Waals surface area contributed by atoms with Gasteiger partial charge in [-0.25, -0.2) is 0 Å². The van der Waals surface area contributed by atoms with Crippen LogP contribution in [0.2, 0.25) is 0 Å². The predicted octanol–water partition coefficient (Wildman–Crippen LogP) is 0.559. The topological polar surface area (TPSA) is 67.8 Å². The number of aliphatic hydroxyl groups is 1. The first-order chi connectivity index (χ1) is 7.99. The first-order valence-corrected chi connectivity index (χ1v) is 6.21. The molecule has 1 aliphatic heterocycles. The molecule has 0 radical (unpaired) electrons. The van der Waals surface area contributed by atoms with Crippen LogP contribution in [0.4, 0.5) is 0 Å². The molecule has 1 atom stereocenters. The van der Waals surface area contributed by atoms with Crippen LogP contribution >= 0.6 is 0 Å². The van der Waals surface area contributed by atoms with Gasteiger partial charge in [-0.1, -0.05) is 0 Å². The SMILES string of the molecule is CC(=O)NC1(CO)CCC2(CC1)OCC(C)O2. The van der Waals surface area contributed by atoms with Gasteiger partial charge in [0.2, 0.25) is 5.91 Å². The molecule has 5 heteroatoms. The maximum Gasteiger partial charge on any atom is 0.217 e. The van der Waals surface area contributed by atoms with Gasteiger partial charge in [-0.05, 0) is 19.8 Å². The summed E-state index contributed by atoms with van der Waals surface area (Å²) in [6, 6.07) is 0.